The number of halogens is 4. The van der Waals surface area contributed by atoms with E-state index >= 15 is 0 Å². The lowest BCUT2D eigenvalue weighted by Crippen LogP contribution is -2.17. The maximum atomic E-state index is 13.3. The number of nitrogens with one attached hydrogen (secondary N) is 1. The first-order chi connectivity index (χ1) is 4.04. The lowest BCUT2D eigenvalue weighted by Gasteiger charge is -2.49. The Labute approximate surface area is 84.7 Å². The van der Waals surface area contributed by atoms with Crippen molar-refractivity contribution in [1.82, 2.24) is 4.72 Å². The molecule has 0 heterocycles. The van der Waals surface area contributed by atoms with Gasteiger partial charge in [0, 0.05) is 36.0 Å². The highest BCUT2D eigenvalue weighted by Gasteiger charge is 2.51. The van der Waals surface area contributed by atoms with Gasteiger partial charge in [-0.15, -0.1) is 0 Å². The van der Waals surface area contributed by atoms with Gasteiger partial charge in [-0.3, -0.25) is 9.86 Å². The van der Waals surface area contributed by atoms with Crippen molar-refractivity contribution < 1.29 is 3.89 Å². The molecule has 3 nitrogen and oxygen atoms in total. The van der Waals surface area contributed by atoms with Gasteiger partial charge in [0.15, 0.2) is 6.19 Å². The van der Waals surface area contributed by atoms with E-state index < -0.39 is 2.72 Å². The highest BCUT2D eigenvalue weighted by molar-refractivity contribution is 14.2. The fourth-order valence-electron chi connectivity index (χ4n) is 0.106. The standard InChI is InChI=1S/CH3BrClFIN3S2/c2-10(3,4,5,7)9-8-1-6/h8H,7H2. The van der Waals surface area contributed by atoms with Gasteiger partial charge in [0.1, 0.15) is 0 Å². The minimum Gasteiger partial charge on any atom is -0.255 e. The minimum atomic E-state index is -4.72. The van der Waals surface area contributed by atoms with Crippen LogP contribution in [0.4, 0.5) is 3.89 Å². The van der Waals surface area contributed by atoms with Gasteiger partial charge in [-0.25, -0.2) is 0 Å². The van der Waals surface area contributed by atoms with Crippen molar-refractivity contribution in [3.63, 3.8) is 0 Å². The minimum absolute atomic E-state index is 0.325. The second-order valence-electron chi connectivity index (χ2n) is 1.35. The van der Waals surface area contributed by atoms with Crippen molar-refractivity contribution in [2.24, 2.45) is 5.14 Å². The molecule has 0 amide bonds. The molecule has 0 aliphatic carbocycles. The van der Waals surface area contributed by atoms with E-state index in [4.69, 9.17) is 21.1 Å². The Morgan fingerprint density at radius 1 is 2.00 bits per heavy atom. The van der Waals surface area contributed by atoms with Crippen molar-refractivity contribution in [1.29, 1.82) is 5.26 Å². The lowest BCUT2D eigenvalue weighted by atomic mass is 11.5. The van der Waals surface area contributed by atoms with Crippen LogP contribution in [0.2, 0.25) is 0 Å². The van der Waals surface area contributed by atoms with Gasteiger partial charge < -0.3 is 0 Å². The van der Waals surface area contributed by atoms with E-state index in [1.165, 1.54) is 27.4 Å². The highest BCUT2D eigenvalue weighted by atomic mass is 127. The predicted molar refractivity (Wildman–Crippen MR) is 58.0 cm³/mol. The zero-order valence-electron chi connectivity index (χ0n) is 4.35. The van der Waals surface area contributed by atoms with Crippen LogP contribution in [-0.4, -0.2) is 0 Å². The zero-order chi connectivity index (χ0) is 8.53. The predicted octanol–water partition coefficient (Wildman–Crippen LogP) is 3.07. The van der Waals surface area contributed by atoms with Crippen molar-refractivity contribution in [3.8, 4) is 6.19 Å². The monoisotopic (exact) mass is 381 g/mol. The maximum absolute atomic E-state index is 13.3. The Hall–Kier alpha value is 1.38. The molecule has 10 heavy (non-hydrogen) atoms. The third-order valence-electron chi connectivity index (χ3n) is 0.261. The molecular formula is CH3BrClFIN3S2. The van der Waals surface area contributed by atoms with Gasteiger partial charge in [-0.1, -0.05) is 0 Å². The summed E-state index contributed by atoms with van der Waals surface area (Å²) < 4.78 is 10.5. The Bertz CT molecular complexity index is 180. The first kappa shape index (κ1) is 11.4. The molecule has 0 unspecified atom stereocenters. The third-order valence-corrected chi connectivity index (χ3v) is 5.45. The van der Waals surface area contributed by atoms with Crippen LogP contribution in [0.5, 0.6) is 0 Å². The lowest BCUT2D eigenvalue weighted by molar-refractivity contribution is 0.921. The average Bonchev–Trinajstić information content (AvgIpc) is 1.55. The molecule has 0 rings (SSSR count). The van der Waals surface area contributed by atoms with E-state index in [0.29, 0.717) is 11.0 Å². The van der Waals surface area contributed by atoms with E-state index in [1.807, 2.05) is 4.72 Å². The number of nitrogens with two attached hydrogens (primary N) is 1. The molecule has 0 fully saturated rings. The smallest absolute Gasteiger partial charge is 0.188 e. The Kier molecular flexibility index (Phi) is 2.77. The molecule has 9 heteroatoms. The number of nitrogens with zero attached hydrogens (tertiary/aromatic N) is 1. The van der Waals surface area contributed by atoms with Crippen molar-refractivity contribution in [3.05, 3.63) is 0 Å². The first-order valence-electron chi connectivity index (χ1n) is 1.70. The Morgan fingerprint density at radius 2 is 2.40 bits per heavy atom. The van der Waals surface area contributed by atoms with Gasteiger partial charge in [0.05, 0.1) is 13.7 Å². The largest absolute Gasteiger partial charge is 0.255 e. The fraction of sp³-hybridized carbons (Fsp3) is 0. The van der Waals surface area contributed by atoms with Gasteiger partial charge in [0.2, 0.25) is 0 Å². The number of rotatable bonds is 2. The van der Waals surface area contributed by atoms with Crippen LogP contribution < -0.4 is 9.86 Å². The summed E-state index contributed by atoms with van der Waals surface area (Å²) in [7, 11) is 5.63. The molecule has 0 aromatic carbocycles. The number of hydrogen-bond donors (Lipinski definition) is 2. The van der Waals surface area contributed by atoms with E-state index in [1.54, 1.807) is 0 Å². The Morgan fingerprint density at radius 3 is 2.50 bits per heavy atom. The first-order valence-corrected chi connectivity index (χ1v) is 10.7. The van der Waals surface area contributed by atoms with Gasteiger partial charge in [-0.2, -0.15) is 9.15 Å². The van der Waals surface area contributed by atoms with Crippen LogP contribution >= 0.6 is 60.4 Å². The summed E-state index contributed by atoms with van der Waals surface area (Å²) in [4.78, 5) is 0. The van der Waals surface area contributed by atoms with Crippen molar-refractivity contribution in [2.45, 2.75) is 0 Å². The molecule has 0 saturated heterocycles. The van der Waals surface area contributed by atoms with Gasteiger partial charge >= 0.3 is 0 Å². The molecular weight excluding hydrogens is 379 g/mol. The van der Waals surface area contributed by atoms with Crippen LogP contribution in [0, 0.1) is 11.5 Å². The molecule has 0 aliphatic rings. The molecule has 0 radical (unpaired) electrons. The molecule has 3 N–H and O–H groups in total. The molecule has 0 bridgehead atoms. The summed E-state index contributed by atoms with van der Waals surface area (Å²) in [6.07, 6.45) is 1.48. The second kappa shape index (κ2) is 2.43. The van der Waals surface area contributed by atoms with E-state index in [-0.39, 0.29) is 0 Å². The number of nitriles is 1. The van der Waals surface area contributed by atoms with E-state index in [2.05, 4.69) is 14.8 Å². The van der Waals surface area contributed by atoms with Crippen LogP contribution in [0.25, 0.3) is 0 Å². The molecule has 0 aliphatic heterocycles. The average molecular weight is 382 g/mol. The van der Waals surface area contributed by atoms with Crippen LogP contribution in [0.1, 0.15) is 0 Å². The van der Waals surface area contributed by atoms with Crippen LogP contribution in [0.15, 0.2) is 0 Å². The summed E-state index contributed by atoms with van der Waals surface area (Å²) in [5.74, 6) is 0. The third kappa shape index (κ3) is 9.38. The topological polar surface area (TPSA) is 61.8 Å². The summed E-state index contributed by atoms with van der Waals surface area (Å²) in [6, 6.07) is 0. The summed E-state index contributed by atoms with van der Waals surface area (Å²) in [5, 5.41) is 13.1. The van der Waals surface area contributed by atoms with Gasteiger partial charge in [0.25, 0.3) is 0 Å². The quantitative estimate of drug-likeness (QED) is 0.253. The molecule has 62 valence electrons. The normalized spacial score (nSPS) is 18.4. The zero-order valence-corrected chi connectivity index (χ0v) is 10.5. The second-order valence-corrected chi connectivity index (χ2v) is 30.3. The van der Waals surface area contributed by atoms with Crippen LogP contribution in [-0.2, 0) is 0 Å². The highest BCUT2D eigenvalue weighted by Crippen LogP contribution is 3.07. The summed E-state index contributed by atoms with van der Waals surface area (Å²) in [6.45, 7) is 0. The van der Waals surface area contributed by atoms with Crippen LogP contribution in [0.3, 0.4) is 0 Å². The Balaban J connectivity index is 4.31. The SMILES string of the molecule is N#CNSS(N)(F)(Cl)(Br)I. The van der Waals surface area contributed by atoms with Gasteiger partial charge in [-0.05, 0) is 10.7 Å². The van der Waals surface area contributed by atoms with E-state index in [0.717, 1.165) is 0 Å². The summed E-state index contributed by atoms with van der Waals surface area (Å²) >= 11 is 3.75. The van der Waals surface area contributed by atoms with E-state index in [9.17, 15) is 3.89 Å². The molecule has 0 saturated carbocycles. The molecule has 0 atom stereocenters. The molecule has 0 aromatic heterocycles. The number of hydrogen-bond acceptors (Lipinski definition) is 4. The maximum Gasteiger partial charge on any atom is 0.188 e. The summed E-state index contributed by atoms with van der Waals surface area (Å²) in [5.41, 5.74) is 0. The molecule has 0 spiro atoms. The molecule has 0 aromatic rings. The fourth-order valence-corrected chi connectivity index (χ4v) is 2.64. The van der Waals surface area contributed by atoms with Crippen molar-refractivity contribution in [2.75, 3.05) is 0 Å². The van der Waals surface area contributed by atoms with Crippen molar-refractivity contribution >= 4 is 60.4 Å².